The van der Waals surface area contributed by atoms with E-state index in [4.69, 9.17) is 5.11 Å². The molecule has 1 aliphatic rings. The van der Waals surface area contributed by atoms with E-state index in [0.29, 0.717) is 0 Å². The van der Waals surface area contributed by atoms with Crippen molar-refractivity contribution >= 4 is 16.1 Å². The van der Waals surface area contributed by atoms with E-state index < -0.39 is 40.6 Å². The van der Waals surface area contributed by atoms with Gasteiger partial charge in [0.1, 0.15) is 0 Å². The molecule has 1 heterocycles. The number of amides is 1. The van der Waals surface area contributed by atoms with Crippen LogP contribution in [-0.2, 0) is 15.0 Å². The molecule has 0 bridgehead atoms. The maximum Gasteiger partial charge on any atom is 0.302 e. The zero-order chi connectivity index (χ0) is 13.2. The molecule has 1 aliphatic heterocycles. The topological polar surface area (TPSA) is 94.9 Å². The summed E-state index contributed by atoms with van der Waals surface area (Å²) >= 11 is 0. The van der Waals surface area contributed by atoms with Gasteiger partial charge in [-0.1, -0.05) is 0 Å². The molecule has 8 heteroatoms. The van der Waals surface area contributed by atoms with Gasteiger partial charge in [0.2, 0.25) is 5.91 Å². The average molecular weight is 269 g/mol. The Labute approximate surface area is 99.2 Å². The molecule has 0 aromatic carbocycles. The van der Waals surface area contributed by atoms with Gasteiger partial charge in [-0.25, -0.2) is 0 Å². The molecule has 1 fully saturated rings. The maximum atomic E-state index is 12.5. The lowest BCUT2D eigenvalue weighted by molar-refractivity contribution is -0.132. The third-order valence-electron chi connectivity index (χ3n) is 2.82. The summed E-state index contributed by atoms with van der Waals surface area (Å²) in [5.41, 5.74) is 0. The summed E-state index contributed by atoms with van der Waals surface area (Å²) in [6.07, 6.45) is -1.00. The van der Waals surface area contributed by atoms with Gasteiger partial charge < -0.3 is 15.1 Å². The fourth-order valence-corrected chi connectivity index (χ4v) is 2.82. The SMILES string of the molecule is C[C@@H](O)[C@@H](CO)N1CC(CS(=O)(=O)F)CC1=O. The quantitative estimate of drug-likeness (QED) is 0.616. The molecule has 3 atom stereocenters. The van der Waals surface area contributed by atoms with Crippen molar-refractivity contribution in [3.05, 3.63) is 0 Å². The van der Waals surface area contributed by atoms with E-state index in [1.165, 1.54) is 11.8 Å². The Morgan fingerprint density at radius 1 is 1.59 bits per heavy atom. The minimum absolute atomic E-state index is 0.0398. The average Bonchev–Trinajstić information content (AvgIpc) is 2.44. The predicted molar refractivity (Wildman–Crippen MR) is 57.3 cm³/mol. The Hall–Kier alpha value is -0.730. The fourth-order valence-electron chi connectivity index (χ4n) is 2.03. The number of aliphatic hydroxyl groups is 2. The molecule has 1 unspecified atom stereocenters. The molecule has 0 aromatic heterocycles. The highest BCUT2D eigenvalue weighted by Gasteiger charge is 2.37. The first kappa shape index (κ1) is 14.3. The molecular formula is C9H16FNO5S. The number of rotatable bonds is 5. The van der Waals surface area contributed by atoms with Crippen molar-refractivity contribution in [3.8, 4) is 0 Å². The van der Waals surface area contributed by atoms with Crippen LogP contribution in [0.1, 0.15) is 13.3 Å². The molecule has 6 nitrogen and oxygen atoms in total. The Balaban J connectivity index is 2.70. The predicted octanol–water partition coefficient (Wildman–Crippen LogP) is -1.12. The molecule has 2 N–H and O–H groups in total. The summed E-state index contributed by atoms with van der Waals surface area (Å²) in [6.45, 7) is 1.05. The van der Waals surface area contributed by atoms with Crippen LogP contribution < -0.4 is 0 Å². The number of carbonyl (C=O) groups is 1. The van der Waals surface area contributed by atoms with Gasteiger partial charge in [0.05, 0.1) is 24.5 Å². The minimum atomic E-state index is -4.61. The van der Waals surface area contributed by atoms with Crippen LogP contribution in [-0.4, -0.2) is 60.5 Å². The van der Waals surface area contributed by atoms with Crippen molar-refractivity contribution in [2.24, 2.45) is 5.92 Å². The zero-order valence-electron chi connectivity index (χ0n) is 9.41. The number of nitrogens with zero attached hydrogens (tertiary/aromatic N) is 1. The largest absolute Gasteiger partial charge is 0.394 e. The molecule has 0 aromatic rings. The van der Waals surface area contributed by atoms with Gasteiger partial charge in [0.15, 0.2) is 0 Å². The first-order chi connectivity index (χ1) is 7.74. The van der Waals surface area contributed by atoms with Gasteiger partial charge in [-0.3, -0.25) is 4.79 Å². The van der Waals surface area contributed by atoms with E-state index in [0.717, 1.165) is 0 Å². The van der Waals surface area contributed by atoms with E-state index >= 15 is 0 Å². The number of carbonyl (C=O) groups excluding carboxylic acids is 1. The summed E-state index contributed by atoms with van der Waals surface area (Å²) in [4.78, 5) is 12.8. The van der Waals surface area contributed by atoms with E-state index in [2.05, 4.69) is 0 Å². The molecule has 0 radical (unpaired) electrons. The lowest BCUT2D eigenvalue weighted by Gasteiger charge is -2.28. The minimum Gasteiger partial charge on any atom is -0.394 e. The fraction of sp³-hybridized carbons (Fsp3) is 0.889. The molecule has 0 aliphatic carbocycles. The van der Waals surface area contributed by atoms with E-state index in [-0.39, 0.29) is 18.9 Å². The lowest BCUT2D eigenvalue weighted by Crippen LogP contribution is -2.46. The number of halogens is 1. The summed E-state index contributed by atoms with van der Waals surface area (Å²) < 4.78 is 33.4. The second-order valence-corrected chi connectivity index (χ2v) is 5.72. The third kappa shape index (κ3) is 3.90. The Bertz CT molecular complexity index is 383. The number of likely N-dealkylation sites (tertiary alicyclic amines) is 1. The third-order valence-corrected chi connectivity index (χ3v) is 3.69. The van der Waals surface area contributed by atoms with Crippen LogP contribution in [0.25, 0.3) is 0 Å². The van der Waals surface area contributed by atoms with E-state index in [1.54, 1.807) is 0 Å². The summed E-state index contributed by atoms with van der Waals surface area (Å²) in [5, 5.41) is 18.4. The smallest absolute Gasteiger partial charge is 0.302 e. The Morgan fingerprint density at radius 3 is 2.59 bits per heavy atom. The molecule has 17 heavy (non-hydrogen) atoms. The molecule has 100 valence electrons. The van der Waals surface area contributed by atoms with Crippen molar-refractivity contribution in [1.29, 1.82) is 0 Å². The molecular weight excluding hydrogens is 253 g/mol. The van der Waals surface area contributed by atoms with Gasteiger partial charge in [0.25, 0.3) is 0 Å². The van der Waals surface area contributed by atoms with Gasteiger partial charge in [0, 0.05) is 18.9 Å². The maximum absolute atomic E-state index is 12.5. The van der Waals surface area contributed by atoms with Gasteiger partial charge >= 0.3 is 10.2 Å². The van der Waals surface area contributed by atoms with Crippen molar-refractivity contribution in [2.45, 2.75) is 25.5 Å². The number of hydrogen-bond acceptors (Lipinski definition) is 5. The monoisotopic (exact) mass is 269 g/mol. The van der Waals surface area contributed by atoms with E-state index in [1.807, 2.05) is 0 Å². The summed E-state index contributed by atoms with van der Waals surface area (Å²) in [6, 6.07) is -0.769. The van der Waals surface area contributed by atoms with Crippen LogP contribution >= 0.6 is 0 Å². The highest BCUT2D eigenvalue weighted by molar-refractivity contribution is 7.86. The van der Waals surface area contributed by atoms with Gasteiger partial charge in [-0.05, 0) is 6.92 Å². The molecule has 1 rings (SSSR count). The summed E-state index contributed by atoms with van der Waals surface area (Å²) in [7, 11) is -4.61. The van der Waals surface area contributed by atoms with Crippen molar-refractivity contribution in [2.75, 3.05) is 18.9 Å². The second-order valence-electron chi connectivity index (χ2n) is 4.31. The lowest BCUT2D eigenvalue weighted by atomic mass is 10.1. The highest BCUT2D eigenvalue weighted by atomic mass is 32.3. The van der Waals surface area contributed by atoms with Crippen LogP contribution in [0.3, 0.4) is 0 Å². The zero-order valence-corrected chi connectivity index (χ0v) is 10.2. The number of hydrogen-bond donors (Lipinski definition) is 2. The van der Waals surface area contributed by atoms with E-state index in [9.17, 15) is 22.2 Å². The van der Waals surface area contributed by atoms with Crippen LogP contribution in [0.2, 0.25) is 0 Å². The highest BCUT2D eigenvalue weighted by Crippen LogP contribution is 2.23. The Kier molecular flexibility index (Phi) is 4.45. The number of aliphatic hydroxyl groups excluding tert-OH is 2. The summed E-state index contributed by atoms with van der Waals surface area (Å²) in [5.74, 6) is -1.70. The van der Waals surface area contributed by atoms with Gasteiger partial charge in [-0.15, -0.1) is 3.89 Å². The first-order valence-corrected chi connectivity index (χ1v) is 6.80. The van der Waals surface area contributed by atoms with Crippen molar-refractivity contribution in [3.63, 3.8) is 0 Å². The standard InChI is InChI=1S/C9H16FNO5S/c1-6(13)8(4-12)11-3-7(2-9(11)14)5-17(10,15)16/h6-8,12-13H,2-5H2,1H3/t6-,7?,8-/m1/s1. The van der Waals surface area contributed by atoms with Gasteiger partial charge in [-0.2, -0.15) is 8.42 Å². The molecule has 0 saturated carbocycles. The van der Waals surface area contributed by atoms with Crippen LogP contribution in [0.4, 0.5) is 3.89 Å². The normalized spacial score (nSPS) is 25.1. The first-order valence-electron chi connectivity index (χ1n) is 5.25. The van der Waals surface area contributed by atoms with Crippen LogP contribution in [0, 0.1) is 5.92 Å². The second kappa shape index (κ2) is 5.28. The van der Waals surface area contributed by atoms with Crippen LogP contribution in [0.5, 0.6) is 0 Å². The van der Waals surface area contributed by atoms with Crippen molar-refractivity contribution in [1.82, 2.24) is 4.90 Å². The molecule has 0 spiro atoms. The molecule has 1 amide bonds. The molecule has 1 saturated heterocycles. The van der Waals surface area contributed by atoms with Crippen molar-refractivity contribution < 1.29 is 27.3 Å². The Morgan fingerprint density at radius 2 is 2.18 bits per heavy atom. The van der Waals surface area contributed by atoms with Crippen LogP contribution in [0.15, 0.2) is 0 Å².